The quantitative estimate of drug-likeness (QED) is 0.0305. The Morgan fingerprint density at radius 2 is 1.35 bits per heavy atom. The molecule has 35 heteroatoms. The molecular formula is C78H96N18O14S3. The van der Waals surface area contributed by atoms with Crippen LogP contribution in [0.3, 0.4) is 0 Å². The number of nitrogens with one attached hydrogen (secondary N) is 10. The SMILES string of the molecule is COc1ccc2nc(S(=O)Cc3ncc(C)c(OC)c3C)[nH]c2c1.C[C@@H](O)[C@@H]1NC(=O)[C@H](CCCCN)NC(=O)[C@@H](Cc2c[nH]c3ccccc23)NC(=O)[C@H](Cc2ccccc2)NC(=O)[C@@H](NC(=O)[C@H](N)Cc2ccccc2)CSSC[C@@H](C(=O)N[C@H](CO)[C@@H](C)O)NC1=O.Nc1nc2c(ncn2Cc2ccccc2)c(=O)[nH]1. The maximum atomic E-state index is 14.7. The first-order valence-corrected chi connectivity index (χ1v) is 40.2. The highest BCUT2D eigenvalue weighted by Crippen LogP contribution is 2.28. The van der Waals surface area contributed by atoms with E-state index in [0.717, 1.165) is 83.0 Å². The highest BCUT2D eigenvalue weighted by Gasteiger charge is 2.37. The number of carbonyl (C=O) groups is 7. The zero-order valence-electron chi connectivity index (χ0n) is 63.2. The van der Waals surface area contributed by atoms with E-state index in [9.17, 15) is 57.9 Å². The van der Waals surface area contributed by atoms with Crippen molar-refractivity contribution in [2.24, 2.45) is 11.5 Å². The van der Waals surface area contributed by atoms with Crippen molar-refractivity contribution in [3.8, 4) is 11.5 Å². The van der Waals surface area contributed by atoms with Crippen LogP contribution in [-0.2, 0) is 75.9 Å². The summed E-state index contributed by atoms with van der Waals surface area (Å²) in [5.74, 6) is -4.12. The number of carbonyl (C=O) groups excluding carboxylic acids is 7. The fourth-order valence-electron chi connectivity index (χ4n) is 12.2. The van der Waals surface area contributed by atoms with E-state index in [1.165, 1.54) is 13.8 Å². The van der Waals surface area contributed by atoms with Crippen molar-refractivity contribution in [1.29, 1.82) is 0 Å². The van der Waals surface area contributed by atoms with Crippen LogP contribution in [-0.4, -0.2) is 200 Å². The molecule has 32 nitrogen and oxygen atoms in total. The molecule has 11 atom stereocenters. The number of para-hydroxylation sites is 1. The number of unbranched alkanes of at least 4 members (excludes halogenated alkanes) is 1. The summed E-state index contributed by atoms with van der Waals surface area (Å²) in [6, 6.07) is 30.0. The molecular weight excluding hydrogens is 1510 g/mol. The maximum absolute atomic E-state index is 14.7. The molecule has 5 aromatic heterocycles. The first kappa shape index (κ1) is 85.9. The predicted molar refractivity (Wildman–Crippen MR) is 433 cm³/mol. The van der Waals surface area contributed by atoms with Gasteiger partial charge in [-0.25, -0.2) is 9.97 Å². The zero-order valence-corrected chi connectivity index (χ0v) is 65.7. The van der Waals surface area contributed by atoms with Crippen LogP contribution in [0, 0.1) is 13.8 Å². The highest BCUT2D eigenvalue weighted by atomic mass is 33.1. The van der Waals surface area contributed by atoms with Gasteiger partial charge in [0.25, 0.3) is 5.56 Å². The molecule has 11 rings (SSSR count). The number of nitrogens with two attached hydrogens (primary N) is 3. The third-order valence-corrected chi connectivity index (χ3v) is 22.0. The largest absolute Gasteiger partial charge is 0.497 e. The second-order valence-corrected chi connectivity index (χ2v) is 30.8. The number of aromatic nitrogens is 8. The van der Waals surface area contributed by atoms with Gasteiger partial charge in [0.05, 0.1) is 91.3 Å². The van der Waals surface area contributed by atoms with Crippen molar-refractivity contribution < 1.29 is 62.6 Å². The molecule has 10 aromatic rings. The summed E-state index contributed by atoms with van der Waals surface area (Å²) < 4.78 is 25.1. The summed E-state index contributed by atoms with van der Waals surface area (Å²) in [6.45, 7) is 6.69. The molecule has 0 aliphatic carbocycles. The van der Waals surface area contributed by atoms with Crippen molar-refractivity contribution in [2.45, 2.75) is 144 Å². The summed E-state index contributed by atoms with van der Waals surface area (Å²) in [5.41, 5.74) is 26.3. The van der Waals surface area contributed by atoms with Gasteiger partial charge in [0.15, 0.2) is 16.3 Å². The number of ether oxygens (including phenoxy) is 2. The number of hydrogen-bond donors (Lipinski definition) is 16. The van der Waals surface area contributed by atoms with Gasteiger partial charge in [-0.1, -0.05) is 131 Å². The molecule has 0 saturated carbocycles. The molecule has 5 aromatic carbocycles. The van der Waals surface area contributed by atoms with Gasteiger partial charge in [0.2, 0.25) is 47.3 Å². The number of imidazole rings is 2. The number of nitrogen functional groups attached to an aromatic ring is 1. The fraction of sp³-hybridized carbons (Fsp3) is 0.359. The number of aliphatic hydroxyl groups excluding tert-OH is 3. The Morgan fingerprint density at radius 3 is 2.02 bits per heavy atom. The monoisotopic (exact) mass is 1600 g/mol. The van der Waals surface area contributed by atoms with Crippen LogP contribution in [0.5, 0.6) is 11.5 Å². The number of aryl methyl sites for hydroxylation is 1. The molecule has 0 spiro atoms. The van der Waals surface area contributed by atoms with E-state index in [1.807, 2.05) is 92.7 Å². The average molecular weight is 1610 g/mol. The molecule has 0 radical (unpaired) electrons. The minimum atomic E-state index is -1.66. The van der Waals surface area contributed by atoms with Gasteiger partial charge in [-0.3, -0.25) is 52.5 Å². The normalized spacial score (nSPS) is 18.7. The van der Waals surface area contributed by atoms with Crippen LogP contribution in [0.4, 0.5) is 5.95 Å². The molecule has 7 amide bonds. The molecule has 6 heterocycles. The lowest BCUT2D eigenvalue weighted by molar-refractivity contribution is -0.136. The van der Waals surface area contributed by atoms with E-state index < -0.39 is 119 Å². The number of anilines is 1. The third-order valence-electron chi connectivity index (χ3n) is 18.4. The molecule has 1 aliphatic rings. The van der Waals surface area contributed by atoms with E-state index in [4.69, 9.17) is 26.7 Å². The van der Waals surface area contributed by atoms with Crippen LogP contribution in [0.2, 0.25) is 0 Å². The van der Waals surface area contributed by atoms with Gasteiger partial charge in [0.1, 0.15) is 47.8 Å². The minimum absolute atomic E-state index is 0.0340. The smallest absolute Gasteiger partial charge is 0.280 e. The molecule has 600 valence electrons. The van der Waals surface area contributed by atoms with E-state index in [1.54, 1.807) is 92.1 Å². The van der Waals surface area contributed by atoms with Crippen LogP contribution in [0.15, 0.2) is 162 Å². The lowest BCUT2D eigenvalue weighted by Crippen LogP contribution is -2.62. The number of nitrogens with zero attached hydrogens (tertiary/aromatic N) is 5. The molecule has 1 unspecified atom stereocenters. The summed E-state index contributed by atoms with van der Waals surface area (Å²) in [7, 11) is 3.97. The lowest BCUT2D eigenvalue weighted by Gasteiger charge is -2.29. The van der Waals surface area contributed by atoms with Crippen LogP contribution >= 0.6 is 21.6 Å². The average Bonchev–Trinajstić information content (AvgIpc) is 1.66. The van der Waals surface area contributed by atoms with Gasteiger partial charge in [0, 0.05) is 64.8 Å². The molecule has 0 bridgehead atoms. The van der Waals surface area contributed by atoms with Gasteiger partial charge < -0.3 is 93.7 Å². The standard InChI is InChI=1S/C49H66N10O10S2.C17H19N3O3S.C12H11N5O/c1-28(61)39(25-60)56-48(68)41-27-71-70-26-40(57-43(63)34(51)21-30-13-5-3-6-14-30)47(67)54-37(22-31-15-7-4-8-16-31)45(65)55-38(23-32-24-52-35-18-10-9-17-33(32)35)46(66)53-36(19-11-12-20-50)44(64)59-42(29(2)62)49(69)58-41;1-10-8-18-15(11(2)16(10)23-4)9-24(21)17-19-13-6-5-12(22-3)7-14(13)20-17;13-12-15-10-9(11(18)16-12)14-7-17(10)6-8-4-2-1-3-5-8/h3-10,13-18,24,28-29,34,36-42,52,60-62H,11-12,19-23,25-27,50-51H2,1-2H3,(H,53,66)(H,54,67)(H,55,65)(H,56,68)(H,57,63)(H,58,69)(H,59,64);5-8H,9H2,1-4H3,(H,19,20);1-5,7H,6H2,(H3,13,15,16,18)/t28-,29-,34-,36+,37+,38-,39-,40+,41+,42+;;/m1../s1. The second-order valence-electron chi connectivity index (χ2n) is 26.9. The molecule has 19 N–H and O–H groups in total. The third kappa shape index (κ3) is 24.2. The Labute approximate surface area is 661 Å². The lowest BCUT2D eigenvalue weighted by atomic mass is 10.0. The second kappa shape index (κ2) is 42.0. The predicted octanol–water partition coefficient (Wildman–Crippen LogP) is 2.84. The number of fused-ring (bicyclic) bond motifs is 3. The van der Waals surface area contributed by atoms with Crippen LogP contribution in [0.1, 0.15) is 72.2 Å². The topological polar surface area (TPSA) is 499 Å². The number of aliphatic hydroxyl groups is 3. The Bertz CT molecular complexity index is 4950. The number of aromatic amines is 3. The number of methoxy groups -OCH3 is 2. The zero-order chi connectivity index (χ0) is 81.3. The summed E-state index contributed by atoms with van der Waals surface area (Å²) in [6.07, 6.45) is 3.18. The van der Waals surface area contributed by atoms with Crippen LogP contribution in [0.25, 0.3) is 33.1 Å². The minimum Gasteiger partial charge on any atom is -0.497 e. The van der Waals surface area contributed by atoms with E-state index in [0.29, 0.717) is 46.8 Å². The first-order valence-electron chi connectivity index (χ1n) is 36.4. The van der Waals surface area contributed by atoms with Crippen molar-refractivity contribution >= 4 is 113 Å². The molecule has 1 saturated heterocycles. The molecule has 1 fully saturated rings. The maximum Gasteiger partial charge on any atom is 0.280 e. The number of pyridine rings is 1. The molecule has 1 aliphatic heterocycles. The fourth-order valence-corrected chi connectivity index (χ4v) is 15.6. The van der Waals surface area contributed by atoms with Gasteiger partial charge in [-0.15, -0.1) is 0 Å². The Morgan fingerprint density at radius 1 is 0.717 bits per heavy atom. The van der Waals surface area contributed by atoms with E-state index in [2.05, 4.69) is 72.1 Å². The Hall–Kier alpha value is -11.1. The van der Waals surface area contributed by atoms with Crippen molar-refractivity contribution in [3.63, 3.8) is 0 Å². The summed E-state index contributed by atoms with van der Waals surface area (Å²) in [4.78, 5) is 137. The Balaban J connectivity index is 0.000000277. The van der Waals surface area contributed by atoms with E-state index in [-0.39, 0.29) is 61.0 Å². The molecule has 113 heavy (non-hydrogen) atoms. The number of rotatable bonds is 24. The van der Waals surface area contributed by atoms with Gasteiger partial charge in [-0.05, 0) is 100 Å². The Kier molecular flexibility index (Phi) is 31.9. The number of benzene rings is 5. The number of amides is 7. The number of hydrogen-bond acceptors (Lipinski definition) is 23. The van der Waals surface area contributed by atoms with Crippen LogP contribution < -0.4 is 69.5 Å². The van der Waals surface area contributed by atoms with E-state index >= 15 is 0 Å². The summed E-state index contributed by atoms with van der Waals surface area (Å²) >= 11 is 0. The van der Waals surface area contributed by atoms with Gasteiger partial charge in [-0.2, -0.15) is 4.98 Å². The van der Waals surface area contributed by atoms with Crippen molar-refractivity contribution in [3.05, 3.63) is 202 Å². The van der Waals surface area contributed by atoms with Gasteiger partial charge >= 0.3 is 0 Å². The summed E-state index contributed by atoms with van der Waals surface area (Å²) in [5, 5.41) is 50.9. The first-order chi connectivity index (χ1) is 54.3. The highest BCUT2D eigenvalue weighted by molar-refractivity contribution is 8.76. The van der Waals surface area contributed by atoms with Crippen molar-refractivity contribution in [2.75, 3.05) is 44.6 Å². The number of H-pyrrole nitrogens is 3. The van der Waals surface area contributed by atoms with Crippen molar-refractivity contribution in [1.82, 2.24) is 76.7 Å².